The highest BCUT2D eigenvalue weighted by Crippen LogP contribution is 2.20. The van der Waals surface area contributed by atoms with Gasteiger partial charge in [0, 0.05) is 19.7 Å². The summed E-state index contributed by atoms with van der Waals surface area (Å²) in [5.41, 5.74) is 3.41. The Morgan fingerprint density at radius 2 is 2.07 bits per heavy atom. The maximum atomic E-state index is 11.2. The Labute approximate surface area is 85.5 Å². The van der Waals surface area contributed by atoms with Gasteiger partial charge in [0.15, 0.2) is 0 Å². The van der Waals surface area contributed by atoms with Crippen LogP contribution in [0.15, 0.2) is 18.2 Å². The summed E-state index contributed by atoms with van der Waals surface area (Å²) in [4.78, 5) is 12.9. The zero-order valence-electron chi connectivity index (χ0n) is 9.29. The van der Waals surface area contributed by atoms with Crippen LogP contribution >= 0.6 is 0 Å². The minimum Gasteiger partial charge on any atom is -0.315 e. The molecule has 0 aliphatic carbocycles. The molecule has 0 fully saturated rings. The van der Waals surface area contributed by atoms with Crippen LogP contribution in [-0.2, 0) is 11.2 Å². The minimum absolute atomic E-state index is 0.0707. The highest BCUT2D eigenvalue weighted by molar-refractivity contribution is 5.91. The van der Waals surface area contributed by atoms with E-state index < -0.39 is 0 Å². The standard InChI is InChI=1S/C12H17NO/c1-5-11-7-6-9(2)12(8-11)13(4)10(3)14/h6-8H,5H2,1-4H3. The van der Waals surface area contributed by atoms with Crippen LogP contribution < -0.4 is 4.90 Å². The molecule has 0 spiro atoms. The average Bonchev–Trinajstić information content (AvgIpc) is 2.17. The zero-order chi connectivity index (χ0) is 10.7. The van der Waals surface area contributed by atoms with Crippen molar-refractivity contribution in [2.75, 3.05) is 11.9 Å². The van der Waals surface area contributed by atoms with Crippen LogP contribution in [0, 0.1) is 6.92 Å². The number of amides is 1. The van der Waals surface area contributed by atoms with Gasteiger partial charge in [0.2, 0.25) is 5.91 Å². The van der Waals surface area contributed by atoms with Gasteiger partial charge in [-0.25, -0.2) is 0 Å². The smallest absolute Gasteiger partial charge is 0.223 e. The predicted molar refractivity (Wildman–Crippen MR) is 59.6 cm³/mol. The summed E-state index contributed by atoms with van der Waals surface area (Å²) in [6, 6.07) is 6.25. The third-order valence-electron chi connectivity index (χ3n) is 2.52. The molecule has 1 amide bonds. The van der Waals surface area contributed by atoms with Crippen molar-refractivity contribution in [1.82, 2.24) is 0 Å². The molecule has 0 N–H and O–H groups in total. The maximum absolute atomic E-state index is 11.2. The molecule has 14 heavy (non-hydrogen) atoms. The second-order valence-corrected chi connectivity index (χ2v) is 3.55. The summed E-state index contributed by atoms with van der Waals surface area (Å²) in [6.45, 7) is 5.72. The second-order valence-electron chi connectivity index (χ2n) is 3.55. The molecule has 1 rings (SSSR count). The number of aryl methyl sites for hydroxylation is 2. The Morgan fingerprint density at radius 1 is 1.43 bits per heavy atom. The van der Waals surface area contributed by atoms with Gasteiger partial charge < -0.3 is 4.90 Å². The highest BCUT2D eigenvalue weighted by atomic mass is 16.2. The first-order valence-corrected chi connectivity index (χ1v) is 4.90. The van der Waals surface area contributed by atoms with Gasteiger partial charge in [0.05, 0.1) is 0 Å². The van der Waals surface area contributed by atoms with E-state index in [1.165, 1.54) is 5.56 Å². The van der Waals surface area contributed by atoms with Gasteiger partial charge in [-0.3, -0.25) is 4.79 Å². The average molecular weight is 191 g/mol. The summed E-state index contributed by atoms with van der Waals surface area (Å²) in [5.74, 6) is 0.0707. The predicted octanol–water partition coefficient (Wildman–Crippen LogP) is 2.54. The van der Waals surface area contributed by atoms with Gasteiger partial charge in [-0.15, -0.1) is 0 Å². The lowest BCUT2D eigenvalue weighted by atomic mass is 10.1. The van der Waals surface area contributed by atoms with E-state index in [1.807, 2.05) is 14.0 Å². The van der Waals surface area contributed by atoms with Crippen molar-refractivity contribution >= 4 is 11.6 Å². The van der Waals surface area contributed by atoms with Gasteiger partial charge in [0.1, 0.15) is 0 Å². The summed E-state index contributed by atoms with van der Waals surface area (Å²) in [6.07, 6.45) is 0.999. The summed E-state index contributed by atoms with van der Waals surface area (Å²) < 4.78 is 0. The topological polar surface area (TPSA) is 20.3 Å². The summed E-state index contributed by atoms with van der Waals surface area (Å²) in [5, 5.41) is 0. The Kier molecular flexibility index (Phi) is 3.28. The van der Waals surface area contributed by atoms with E-state index in [2.05, 4.69) is 25.1 Å². The molecule has 1 aromatic rings. The van der Waals surface area contributed by atoms with Gasteiger partial charge >= 0.3 is 0 Å². The summed E-state index contributed by atoms with van der Waals surface area (Å²) in [7, 11) is 1.81. The molecule has 2 nitrogen and oxygen atoms in total. The molecule has 0 bridgehead atoms. The van der Waals surface area contributed by atoms with E-state index in [0.717, 1.165) is 17.7 Å². The number of anilines is 1. The van der Waals surface area contributed by atoms with Crippen molar-refractivity contribution < 1.29 is 4.79 Å². The second kappa shape index (κ2) is 4.27. The first kappa shape index (κ1) is 10.8. The molecular formula is C12H17NO. The van der Waals surface area contributed by atoms with Gasteiger partial charge in [-0.05, 0) is 30.5 Å². The van der Waals surface area contributed by atoms with Crippen LogP contribution in [0.3, 0.4) is 0 Å². The van der Waals surface area contributed by atoms with Crippen LogP contribution in [0.2, 0.25) is 0 Å². The van der Waals surface area contributed by atoms with Gasteiger partial charge in [-0.1, -0.05) is 19.1 Å². The Morgan fingerprint density at radius 3 is 2.57 bits per heavy atom. The SMILES string of the molecule is CCc1ccc(C)c(N(C)C(C)=O)c1. The number of rotatable bonds is 2. The molecule has 0 heterocycles. The number of carbonyl (C=O) groups is 1. The zero-order valence-corrected chi connectivity index (χ0v) is 9.29. The van der Waals surface area contributed by atoms with E-state index in [0.29, 0.717) is 0 Å². The van der Waals surface area contributed by atoms with E-state index >= 15 is 0 Å². The fourth-order valence-corrected chi connectivity index (χ4v) is 1.41. The number of benzene rings is 1. The van der Waals surface area contributed by atoms with Crippen molar-refractivity contribution in [3.05, 3.63) is 29.3 Å². The van der Waals surface area contributed by atoms with E-state index in [1.54, 1.807) is 11.8 Å². The summed E-state index contributed by atoms with van der Waals surface area (Å²) >= 11 is 0. The normalized spacial score (nSPS) is 10.0. The van der Waals surface area contributed by atoms with Gasteiger partial charge in [-0.2, -0.15) is 0 Å². The molecule has 0 unspecified atom stereocenters. The highest BCUT2D eigenvalue weighted by Gasteiger charge is 2.08. The first-order valence-electron chi connectivity index (χ1n) is 4.90. The van der Waals surface area contributed by atoms with E-state index in [9.17, 15) is 4.79 Å². The fraction of sp³-hybridized carbons (Fsp3) is 0.417. The van der Waals surface area contributed by atoms with Gasteiger partial charge in [0.25, 0.3) is 0 Å². The fourth-order valence-electron chi connectivity index (χ4n) is 1.41. The lowest BCUT2D eigenvalue weighted by Gasteiger charge is -2.18. The maximum Gasteiger partial charge on any atom is 0.223 e. The molecular weight excluding hydrogens is 174 g/mol. The molecule has 0 aromatic heterocycles. The monoisotopic (exact) mass is 191 g/mol. The molecule has 0 radical (unpaired) electrons. The molecule has 0 aliphatic heterocycles. The van der Waals surface area contributed by atoms with Crippen LogP contribution in [0.5, 0.6) is 0 Å². The van der Waals surface area contributed by atoms with Crippen LogP contribution in [0.1, 0.15) is 25.0 Å². The first-order chi connectivity index (χ1) is 6.56. The van der Waals surface area contributed by atoms with Crippen LogP contribution in [0.25, 0.3) is 0 Å². The quantitative estimate of drug-likeness (QED) is 0.703. The molecule has 2 heteroatoms. The van der Waals surface area contributed by atoms with Crippen LogP contribution in [-0.4, -0.2) is 13.0 Å². The lowest BCUT2D eigenvalue weighted by molar-refractivity contribution is -0.116. The van der Waals surface area contributed by atoms with Crippen molar-refractivity contribution in [2.24, 2.45) is 0 Å². The lowest BCUT2D eigenvalue weighted by Crippen LogP contribution is -2.23. The van der Waals surface area contributed by atoms with Crippen molar-refractivity contribution in [3.63, 3.8) is 0 Å². The number of carbonyl (C=O) groups excluding carboxylic acids is 1. The third kappa shape index (κ3) is 2.13. The van der Waals surface area contributed by atoms with Crippen molar-refractivity contribution in [1.29, 1.82) is 0 Å². The molecule has 76 valence electrons. The number of nitrogens with zero attached hydrogens (tertiary/aromatic N) is 1. The Hall–Kier alpha value is -1.31. The minimum atomic E-state index is 0.0707. The van der Waals surface area contributed by atoms with E-state index in [-0.39, 0.29) is 5.91 Å². The van der Waals surface area contributed by atoms with E-state index in [4.69, 9.17) is 0 Å². The third-order valence-corrected chi connectivity index (χ3v) is 2.52. The van der Waals surface area contributed by atoms with Crippen molar-refractivity contribution in [3.8, 4) is 0 Å². The van der Waals surface area contributed by atoms with Crippen LogP contribution in [0.4, 0.5) is 5.69 Å². The Bertz CT molecular complexity index is 344. The molecule has 0 saturated heterocycles. The molecule has 0 aliphatic rings. The van der Waals surface area contributed by atoms with Crippen molar-refractivity contribution in [2.45, 2.75) is 27.2 Å². The Balaban J connectivity index is 3.11. The molecule has 0 atom stereocenters. The molecule has 0 saturated carbocycles. The number of hydrogen-bond acceptors (Lipinski definition) is 1. The largest absolute Gasteiger partial charge is 0.315 e. The molecule has 1 aromatic carbocycles. The number of hydrogen-bond donors (Lipinski definition) is 0.